The van der Waals surface area contributed by atoms with Crippen LogP contribution in [0.2, 0.25) is 0 Å². The Morgan fingerprint density at radius 2 is 0.962 bits per heavy atom. The van der Waals surface area contributed by atoms with E-state index in [4.69, 9.17) is 18.5 Å². The zero-order valence-electron chi connectivity index (χ0n) is 35.0. The first-order valence-corrected chi connectivity index (χ1v) is 23.5. The zero-order chi connectivity index (χ0) is 39.1. The third kappa shape index (κ3) is 40.2. The van der Waals surface area contributed by atoms with Crippen molar-refractivity contribution < 1.29 is 37.6 Å². The molecule has 9 nitrogen and oxygen atoms in total. The molecule has 0 radical (unpaired) electrons. The number of hydrogen-bond donors (Lipinski definition) is 1. The average molecular weight is 774 g/mol. The summed E-state index contributed by atoms with van der Waals surface area (Å²) in [7, 11) is -0.704. The first-order chi connectivity index (χ1) is 25.7. The van der Waals surface area contributed by atoms with Crippen LogP contribution in [0.5, 0.6) is 0 Å². The Hall–Kier alpha value is -1.25. The summed E-state index contributed by atoms with van der Waals surface area (Å²) < 4.78 is 33.5. The van der Waals surface area contributed by atoms with Gasteiger partial charge in [-0.05, 0) is 52.6 Å². The molecule has 0 aliphatic rings. The van der Waals surface area contributed by atoms with Crippen LogP contribution in [0.1, 0.15) is 206 Å². The lowest BCUT2D eigenvalue weighted by molar-refractivity contribution is -0.161. The highest BCUT2D eigenvalue weighted by atomic mass is 31.2. The normalized spacial score (nSPS) is 13.5. The van der Waals surface area contributed by atoms with Crippen LogP contribution in [-0.4, -0.2) is 68.3 Å². The predicted molar refractivity (Wildman–Crippen MR) is 220 cm³/mol. The molecule has 0 rings (SSSR count). The molecule has 0 saturated carbocycles. The average Bonchev–Trinajstić information content (AvgIpc) is 3.12. The summed E-state index contributed by atoms with van der Waals surface area (Å²) in [4.78, 5) is 37.0. The topological polar surface area (TPSA) is 112 Å². The second-order valence-corrected chi connectivity index (χ2v) is 16.7. The lowest BCUT2D eigenvalue weighted by Crippen LogP contribution is -2.29. The summed E-state index contributed by atoms with van der Waals surface area (Å²) >= 11 is 0. The molecule has 1 N–H and O–H groups in total. The van der Waals surface area contributed by atoms with E-state index in [1.54, 1.807) is 0 Å². The number of allylic oxidation sites excluding steroid dienone is 2. The van der Waals surface area contributed by atoms with E-state index in [2.05, 4.69) is 26.0 Å². The SMILES string of the molecule is CCCCCC/C=C\CCCCCCCCCC(=O)OC(COC(=O)CCCCCCCCCCCCCCCCC)COP(=O)(O)OCCN(C)C. The van der Waals surface area contributed by atoms with E-state index in [-0.39, 0.29) is 25.6 Å². The van der Waals surface area contributed by atoms with E-state index in [0.29, 0.717) is 19.4 Å². The molecule has 0 spiro atoms. The number of unbranched alkanes of at least 4 members (excludes halogenated alkanes) is 25. The van der Waals surface area contributed by atoms with Crippen LogP contribution in [-0.2, 0) is 32.7 Å². The maximum absolute atomic E-state index is 12.6. The lowest BCUT2D eigenvalue weighted by atomic mass is 10.0. The summed E-state index contributed by atoms with van der Waals surface area (Å²) in [6.45, 7) is 4.33. The van der Waals surface area contributed by atoms with Crippen LogP contribution in [0.25, 0.3) is 0 Å². The van der Waals surface area contributed by atoms with Crippen LogP contribution >= 0.6 is 7.82 Å². The van der Waals surface area contributed by atoms with Crippen molar-refractivity contribution in [1.29, 1.82) is 0 Å². The molecule has 0 saturated heterocycles. The Morgan fingerprint density at radius 3 is 1.42 bits per heavy atom. The monoisotopic (exact) mass is 774 g/mol. The van der Waals surface area contributed by atoms with Crippen LogP contribution in [0, 0.1) is 0 Å². The van der Waals surface area contributed by atoms with Gasteiger partial charge in [-0.15, -0.1) is 0 Å². The Balaban J connectivity index is 4.26. The molecule has 0 aliphatic heterocycles. The van der Waals surface area contributed by atoms with Gasteiger partial charge in [-0.25, -0.2) is 4.57 Å². The summed E-state index contributed by atoms with van der Waals surface area (Å²) in [5.41, 5.74) is 0. The number of hydrogen-bond acceptors (Lipinski definition) is 8. The molecule has 0 aromatic rings. The maximum atomic E-state index is 12.6. The second-order valence-electron chi connectivity index (χ2n) is 15.2. The van der Waals surface area contributed by atoms with Gasteiger partial charge in [0.1, 0.15) is 6.61 Å². The van der Waals surface area contributed by atoms with Crippen molar-refractivity contribution in [2.75, 3.05) is 40.5 Å². The maximum Gasteiger partial charge on any atom is 0.472 e. The van der Waals surface area contributed by atoms with Crippen LogP contribution in [0.15, 0.2) is 12.2 Å². The van der Waals surface area contributed by atoms with E-state index >= 15 is 0 Å². The molecular formula is C43H84NO8P. The van der Waals surface area contributed by atoms with Gasteiger partial charge in [0.25, 0.3) is 0 Å². The smallest absolute Gasteiger partial charge is 0.462 e. The molecule has 314 valence electrons. The minimum atomic E-state index is -4.36. The minimum absolute atomic E-state index is 0.00964. The van der Waals surface area contributed by atoms with Crippen molar-refractivity contribution >= 4 is 19.8 Å². The summed E-state index contributed by atoms with van der Waals surface area (Å²) in [5, 5.41) is 0. The number of carbonyl (C=O) groups excluding carboxylic acids is 2. The predicted octanol–water partition coefficient (Wildman–Crippen LogP) is 12.4. The van der Waals surface area contributed by atoms with E-state index < -0.39 is 26.5 Å². The summed E-state index contributed by atoms with van der Waals surface area (Å²) in [6.07, 6.45) is 38.2. The van der Waals surface area contributed by atoms with Crippen LogP contribution in [0.4, 0.5) is 0 Å². The van der Waals surface area contributed by atoms with Crippen molar-refractivity contribution in [2.24, 2.45) is 0 Å². The Labute approximate surface area is 326 Å². The number of phosphoric acid groups is 1. The largest absolute Gasteiger partial charge is 0.472 e. The van der Waals surface area contributed by atoms with Gasteiger partial charge < -0.3 is 19.3 Å². The van der Waals surface area contributed by atoms with Gasteiger partial charge in [0, 0.05) is 19.4 Å². The highest BCUT2D eigenvalue weighted by Gasteiger charge is 2.26. The van der Waals surface area contributed by atoms with Crippen LogP contribution < -0.4 is 0 Å². The fourth-order valence-electron chi connectivity index (χ4n) is 6.15. The molecule has 0 aromatic carbocycles. The number of likely N-dealkylation sites (N-methyl/N-ethyl adjacent to an activating group) is 1. The Bertz CT molecular complexity index is 900. The van der Waals surface area contributed by atoms with Crippen molar-refractivity contribution in [3.05, 3.63) is 12.2 Å². The molecule has 0 heterocycles. The second kappa shape index (κ2) is 39.0. The molecule has 10 heteroatoms. The summed E-state index contributed by atoms with van der Waals surface area (Å²) in [5.74, 6) is -0.798. The van der Waals surface area contributed by atoms with Gasteiger partial charge in [-0.1, -0.05) is 167 Å². The van der Waals surface area contributed by atoms with Crippen molar-refractivity contribution in [3.8, 4) is 0 Å². The molecule has 0 amide bonds. The fourth-order valence-corrected chi connectivity index (χ4v) is 6.89. The molecule has 0 aromatic heterocycles. The minimum Gasteiger partial charge on any atom is -0.462 e. The zero-order valence-corrected chi connectivity index (χ0v) is 35.9. The lowest BCUT2D eigenvalue weighted by Gasteiger charge is -2.20. The Kier molecular flexibility index (Phi) is 38.1. The number of ether oxygens (including phenoxy) is 2. The number of carbonyl (C=O) groups is 2. The molecule has 2 unspecified atom stereocenters. The standard InChI is InChI=1S/C43H84NO8P/c1-5-7-9-11-13-15-17-19-21-23-25-27-29-31-33-35-42(45)49-39-41(40-51-53(47,48)50-38-37-44(3)4)52-43(46)36-34-32-30-28-26-24-22-20-18-16-14-12-10-8-6-2/h16,18,41H,5-15,17,19-40H2,1-4H3,(H,47,48)/b18-16-. The number of nitrogens with zero attached hydrogens (tertiary/aromatic N) is 1. The molecule has 0 aliphatic carbocycles. The third-order valence-corrected chi connectivity index (χ3v) is 10.6. The fraction of sp³-hybridized carbons (Fsp3) is 0.907. The van der Waals surface area contributed by atoms with Crippen molar-refractivity contribution in [3.63, 3.8) is 0 Å². The molecule has 53 heavy (non-hydrogen) atoms. The van der Waals surface area contributed by atoms with E-state index in [0.717, 1.165) is 44.9 Å². The number of esters is 2. The van der Waals surface area contributed by atoms with Crippen molar-refractivity contribution in [2.45, 2.75) is 213 Å². The Morgan fingerprint density at radius 1 is 0.566 bits per heavy atom. The third-order valence-electron chi connectivity index (χ3n) is 9.57. The highest BCUT2D eigenvalue weighted by molar-refractivity contribution is 7.47. The first-order valence-electron chi connectivity index (χ1n) is 22.0. The van der Waals surface area contributed by atoms with Gasteiger partial charge in [-0.3, -0.25) is 18.6 Å². The quantitative estimate of drug-likeness (QED) is 0.0281. The molecule has 2 atom stereocenters. The van der Waals surface area contributed by atoms with Gasteiger partial charge in [0.15, 0.2) is 6.10 Å². The molecule has 0 fully saturated rings. The summed E-state index contributed by atoms with van der Waals surface area (Å²) in [6, 6.07) is 0. The molecular weight excluding hydrogens is 689 g/mol. The van der Waals surface area contributed by atoms with E-state index in [9.17, 15) is 19.0 Å². The first kappa shape index (κ1) is 51.8. The highest BCUT2D eigenvalue weighted by Crippen LogP contribution is 2.43. The van der Waals surface area contributed by atoms with Gasteiger partial charge >= 0.3 is 19.8 Å². The van der Waals surface area contributed by atoms with Gasteiger partial charge in [0.05, 0.1) is 13.2 Å². The van der Waals surface area contributed by atoms with Crippen LogP contribution in [0.3, 0.4) is 0 Å². The molecule has 0 bridgehead atoms. The van der Waals surface area contributed by atoms with E-state index in [1.807, 2.05) is 19.0 Å². The van der Waals surface area contributed by atoms with Gasteiger partial charge in [0.2, 0.25) is 0 Å². The number of phosphoric ester groups is 1. The van der Waals surface area contributed by atoms with E-state index in [1.165, 1.54) is 128 Å². The van der Waals surface area contributed by atoms with Gasteiger partial charge in [-0.2, -0.15) is 0 Å². The van der Waals surface area contributed by atoms with Crippen molar-refractivity contribution in [1.82, 2.24) is 4.90 Å². The number of rotatable bonds is 41.